The maximum Gasteiger partial charge on any atom is 0.573 e. The minimum absolute atomic E-state index is 0.00392. The van der Waals surface area contributed by atoms with Gasteiger partial charge >= 0.3 is 12.7 Å². The smallest absolute Gasteiger partial charge is 0.406 e. The number of benzene rings is 4. The van der Waals surface area contributed by atoms with Crippen LogP contribution < -0.4 is 14.8 Å². The summed E-state index contributed by atoms with van der Waals surface area (Å²) in [6.07, 6.45) is -10.2. The van der Waals surface area contributed by atoms with Gasteiger partial charge in [-0.15, -0.1) is 26.3 Å². The average molecular weight is 563 g/mol. The van der Waals surface area contributed by atoms with E-state index in [1.54, 1.807) is 30.3 Å². The molecule has 4 rings (SSSR count). The summed E-state index contributed by atoms with van der Waals surface area (Å²) in [4.78, 5) is 13.5. The lowest BCUT2D eigenvalue weighted by molar-refractivity contribution is -0.275. The van der Waals surface area contributed by atoms with E-state index in [0.29, 0.717) is 5.56 Å². The van der Waals surface area contributed by atoms with Crippen molar-refractivity contribution >= 4 is 5.91 Å². The minimum atomic E-state index is -5.03. The second-order valence-electron chi connectivity index (χ2n) is 8.68. The maximum absolute atomic E-state index is 13.5. The molecule has 0 atom stereocenters. The number of halogens is 7. The summed E-state index contributed by atoms with van der Waals surface area (Å²) in [6.45, 7) is 0. The van der Waals surface area contributed by atoms with Gasteiger partial charge in [-0.05, 0) is 65.2 Å². The van der Waals surface area contributed by atoms with Gasteiger partial charge in [-0.2, -0.15) is 0 Å². The highest BCUT2D eigenvalue weighted by Crippen LogP contribution is 2.38. The molecule has 4 aromatic carbocycles. The molecule has 1 N–H and O–H groups in total. The molecule has 0 aromatic heterocycles. The summed E-state index contributed by atoms with van der Waals surface area (Å²) in [5, 5.41) is 2.79. The Balaban J connectivity index is 1.94. The molecule has 0 saturated heterocycles. The van der Waals surface area contributed by atoms with E-state index in [0.717, 1.165) is 36.4 Å². The number of ether oxygens (including phenoxy) is 2. The third-order valence-electron chi connectivity index (χ3n) is 5.87. The van der Waals surface area contributed by atoms with Crippen molar-refractivity contribution in [1.82, 2.24) is 5.32 Å². The first-order chi connectivity index (χ1) is 18.8. The largest absolute Gasteiger partial charge is 0.573 e. The van der Waals surface area contributed by atoms with Gasteiger partial charge < -0.3 is 14.8 Å². The van der Waals surface area contributed by atoms with Gasteiger partial charge in [0.25, 0.3) is 5.91 Å². The van der Waals surface area contributed by atoms with Crippen molar-refractivity contribution in [3.63, 3.8) is 0 Å². The van der Waals surface area contributed by atoms with Crippen LogP contribution >= 0.6 is 0 Å². The molecule has 0 aliphatic carbocycles. The molecule has 0 aliphatic heterocycles. The lowest BCUT2D eigenvalue weighted by Crippen LogP contribution is -2.48. The van der Waals surface area contributed by atoms with E-state index in [4.69, 9.17) is 0 Å². The Kier molecular flexibility index (Phi) is 8.03. The molecule has 4 nitrogen and oxygen atoms in total. The number of alkyl halides is 6. The van der Waals surface area contributed by atoms with Gasteiger partial charge in [-0.25, -0.2) is 4.39 Å². The zero-order chi connectivity index (χ0) is 29.0. The van der Waals surface area contributed by atoms with Crippen molar-refractivity contribution in [1.29, 1.82) is 0 Å². The molecule has 0 heterocycles. The van der Waals surface area contributed by atoms with Crippen LogP contribution in [0.1, 0.15) is 27.0 Å². The Labute approximate surface area is 224 Å². The van der Waals surface area contributed by atoms with Crippen LogP contribution in [0.4, 0.5) is 30.7 Å². The molecule has 40 heavy (non-hydrogen) atoms. The molecule has 11 heteroatoms. The number of carbonyl (C=O) groups is 1. The molecule has 0 radical (unpaired) electrons. The standard InChI is InChI=1S/C29H20F7NO3/c30-23-14-12-20(13-15-23)26(38)37-27(18-19-6-2-1-3-7-19,21-8-4-10-24(16-21)39-28(31,32)33)22-9-5-11-25(17-22)40-29(34,35)36/h1-17H,18H2,(H,37,38). The van der Waals surface area contributed by atoms with Crippen molar-refractivity contribution in [2.75, 3.05) is 0 Å². The number of hydrogen-bond acceptors (Lipinski definition) is 3. The van der Waals surface area contributed by atoms with Gasteiger partial charge in [0.1, 0.15) is 17.3 Å². The van der Waals surface area contributed by atoms with E-state index in [1.165, 1.54) is 36.4 Å². The molecule has 0 saturated carbocycles. The van der Waals surface area contributed by atoms with Crippen molar-refractivity contribution in [3.8, 4) is 11.5 Å². The van der Waals surface area contributed by atoms with Gasteiger partial charge in [-0.1, -0.05) is 54.6 Å². The number of hydrogen-bond donors (Lipinski definition) is 1. The summed E-state index contributed by atoms with van der Waals surface area (Å²) in [7, 11) is 0. The molecule has 208 valence electrons. The van der Waals surface area contributed by atoms with Crippen LogP contribution in [-0.2, 0) is 12.0 Å². The van der Waals surface area contributed by atoms with Gasteiger partial charge in [0.15, 0.2) is 0 Å². The Morgan fingerprint density at radius 1 is 0.650 bits per heavy atom. The van der Waals surface area contributed by atoms with E-state index in [-0.39, 0.29) is 23.1 Å². The summed E-state index contributed by atoms with van der Waals surface area (Å²) in [5.41, 5.74) is -1.02. The van der Waals surface area contributed by atoms with Crippen LogP contribution in [0.5, 0.6) is 11.5 Å². The van der Waals surface area contributed by atoms with E-state index < -0.39 is 41.5 Å². The average Bonchev–Trinajstić information content (AvgIpc) is 2.87. The van der Waals surface area contributed by atoms with E-state index in [9.17, 15) is 35.5 Å². The highest BCUT2D eigenvalue weighted by Gasteiger charge is 2.39. The lowest BCUT2D eigenvalue weighted by atomic mass is 9.77. The fourth-order valence-electron chi connectivity index (χ4n) is 4.25. The molecular weight excluding hydrogens is 543 g/mol. The van der Waals surface area contributed by atoms with Gasteiger partial charge in [0, 0.05) is 12.0 Å². The maximum atomic E-state index is 13.5. The number of rotatable bonds is 8. The van der Waals surface area contributed by atoms with E-state index >= 15 is 0 Å². The summed E-state index contributed by atoms with van der Waals surface area (Å²) < 4.78 is 100. The number of carbonyl (C=O) groups excluding carboxylic acids is 1. The first kappa shape index (κ1) is 28.5. The van der Waals surface area contributed by atoms with Crippen molar-refractivity contribution in [2.24, 2.45) is 0 Å². The minimum Gasteiger partial charge on any atom is -0.406 e. The van der Waals surface area contributed by atoms with Gasteiger partial charge in [-0.3, -0.25) is 4.79 Å². The van der Waals surface area contributed by atoms with Gasteiger partial charge in [0.2, 0.25) is 0 Å². The summed E-state index contributed by atoms with van der Waals surface area (Å²) >= 11 is 0. The topological polar surface area (TPSA) is 47.6 Å². The SMILES string of the molecule is O=C(NC(Cc1ccccc1)(c1cccc(OC(F)(F)F)c1)c1cccc(OC(F)(F)F)c1)c1ccc(F)cc1. The molecular formula is C29H20F7NO3. The molecule has 0 fully saturated rings. The van der Waals surface area contributed by atoms with Crippen LogP contribution in [0.15, 0.2) is 103 Å². The Bertz CT molecular complexity index is 1390. The molecule has 0 bridgehead atoms. The molecule has 0 unspecified atom stereocenters. The number of amides is 1. The lowest BCUT2D eigenvalue weighted by Gasteiger charge is -2.37. The summed E-state index contributed by atoms with van der Waals surface area (Å²) in [5.74, 6) is -2.59. The van der Waals surface area contributed by atoms with Crippen LogP contribution in [0.2, 0.25) is 0 Å². The Hall–Kier alpha value is -4.54. The quantitative estimate of drug-likeness (QED) is 0.226. The van der Waals surface area contributed by atoms with Crippen molar-refractivity contribution in [3.05, 3.63) is 131 Å². The van der Waals surface area contributed by atoms with E-state index in [1.807, 2.05) is 0 Å². The van der Waals surface area contributed by atoms with Crippen molar-refractivity contribution in [2.45, 2.75) is 24.7 Å². The first-order valence-electron chi connectivity index (χ1n) is 11.7. The fraction of sp³-hybridized carbons (Fsp3) is 0.138. The van der Waals surface area contributed by atoms with E-state index in [2.05, 4.69) is 14.8 Å². The van der Waals surface area contributed by atoms with Crippen LogP contribution in [0.25, 0.3) is 0 Å². The van der Waals surface area contributed by atoms with Crippen LogP contribution in [0, 0.1) is 5.82 Å². The Morgan fingerprint density at radius 2 is 1.15 bits per heavy atom. The zero-order valence-electron chi connectivity index (χ0n) is 20.4. The van der Waals surface area contributed by atoms with Gasteiger partial charge in [0.05, 0.1) is 5.54 Å². The number of nitrogens with one attached hydrogen (secondary N) is 1. The third-order valence-corrected chi connectivity index (χ3v) is 5.87. The Morgan fingerprint density at radius 3 is 1.62 bits per heavy atom. The molecule has 4 aromatic rings. The second kappa shape index (κ2) is 11.3. The second-order valence-corrected chi connectivity index (χ2v) is 8.68. The monoisotopic (exact) mass is 563 g/mol. The molecule has 0 spiro atoms. The predicted octanol–water partition coefficient (Wildman–Crippen LogP) is 7.54. The first-order valence-corrected chi connectivity index (χ1v) is 11.7. The van der Waals surface area contributed by atoms with Crippen molar-refractivity contribution < 1.29 is 45.0 Å². The van der Waals surface area contributed by atoms with Crippen LogP contribution in [0.3, 0.4) is 0 Å². The third kappa shape index (κ3) is 7.31. The summed E-state index contributed by atoms with van der Waals surface area (Å²) in [6, 6.07) is 22.5. The highest BCUT2D eigenvalue weighted by atomic mass is 19.4. The fourth-order valence-corrected chi connectivity index (χ4v) is 4.25. The van der Waals surface area contributed by atoms with Crippen LogP contribution in [-0.4, -0.2) is 18.6 Å². The molecule has 0 aliphatic rings. The highest BCUT2D eigenvalue weighted by molar-refractivity contribution is 5.95. The molecule has 1 amide bonds. The normalized spacial score (nSPS) is 12.1. The predicted molar refractivity (Wildman–Crippen MR) is 131 cm³/mol. The zero-order valence-corrected chi connectivity index (χ0v) is 20.4.